The zero-order valence-electron chi connectivity index (χ0n) is 26.1. The Morgan fingerprint density at radius 2 is 1.44 bits per heavy atom. The molecule has 4 aromatic carbocycles. The quantitative estimate of drug-likeness (QED) is 0.178. The average Bonchev–Trinajstić information content (AvgIpc) is 3.02. The van der Waals surface area contributed by atoms with E-state index in [2.05, 4.69) is 5.32 Å². The number of carbonyl (C=O) groups is 2. The predicted octanol–water partition coefficient (Wildman–Crippen LogP) is 6.56. The summed E-state index contributed by atoms with van der Waals surface area (Å²) in [5, 5.41) is 3.46. The third kappa shape index (κ3) is 8.74. The van der Waals surface area contributed by atoms with Crippen LogP contribution in [0.15, 0.2) is 108 Å². The lowest BCUT2D eigenvalue weighted by molar-refractivity contribution is -0.140. The monoisotopic (exact) mass is 645 g/mol. The number of nitrogens with one attached hydrogen (secondary N) is 1. The number of carbonyl (C=O) groups excluding carboxylic acids is 2. The predicted molar refractivity (Wildman–Crippen MR) is 181 cm³/mol. The van der Waals surface area contributed by atoms with E-state index >= 15 is 0 Å². The molecule has 0 unspecified atom stereocenters. The third-order valence-corrected chi connectivity index (χ3v) is 9.60. The number of hydrogen-bond donors (Lipinski definition) is 1. The zero-order valence-corrected chi connectivity index (χ0v) is 27.7. The molecular formula is C36H40ClN3O4S. The molecule has 4 aromatic rings. The van der Waals surface area contributed by atoms with Gasteiger partial charge >= 0.3 is 0 Å². The van der Waals surface area contributed by atoms with Crippen LogP contribution in [-0.4, -0.2) is 44.3 Å². The molecule has 0 aliphatic heterocycles. The number of hydrogen-bond acceptors (Lipinski definition) is 4. The Hall–Kier alpha value is -4.14. The van der Waals surface area contributed by atoms with E-state index in [9.17, 15) is 18.0 Å². The first-order valence-corrected chi connectivity index (χ1v) is 16.8. The van der Waals surface area contributed by atoms with Crippen molar-refractivity contribution in [2.24, 2.45) is 5.92 Å². The lowest BCUT2D eigenvalue weighted by atomic mass is 10.0. The summed E-state index contributed by atoms with van der Waals surface area (Å²) >= 11 is 6.23. The Morgan fingerprint density at radius 1 is 0.822 bits per heavy atom. The normalized spacial score (nSPS) is 12.0. The number of anilines is 1. The SMILES string of the molecule is Cc1ccccc1CN(C(=O)CN(c1ccc(Cl)cc1C)S(=O)(=O)c1ccccc1)[C@H](Cc1ccccc1)C(=O)NCC(C)C. The van der Waals surface area contributed by atoms with Gasteiger partial charge in [0, 0.05) is 24.5 Å². The van der Waals surface area contributed by atoms with E-state index in [1.807, 2.05) is 75.4 Å². The Labute approximate surface area is 271 Å². The molecule has 0 aliphatic rings. The number of rotatable bonds is 13. The lowest BCUT2D eigenvalue weighted by Crippen LogP contribution is -2.54. The van der Waals surface area contributed by atoms with Crippen molar-refractivity contribution in [1.29, 1.82) is 0 Å². The summed E-state index contributed by atoms with van der Waals surface area (Å²) in [6, 6.07) is 29.2. The molecule has 1 atom stereocenters. The smallest absolute Gasteiger partial charge is 0.264 e. The largest absolute Gasteiger partial charge is 0.354 e. The van der Waals surface area contributed by atoms with Crippen molar-refractivity contribution in [3.8, 4) is 0 Å². The molecule has 1 N–H and O–H groups in total. The molecule has 0 aliphatic carbocycles. The number of halogens is 1. The number of amides is 2. The standard InChI is InChI=1S/C36H40ClN3O4S/c1-26(2)23-38-36(42)34(22-29-14-7-5-8-15-29)39(24-30-16-12-11-13-27(30)3)35(41)25-40(33-20-19-31(37)21-28(33)4)45(43,44)32-17-9-6-10-18-32/h5-21,26,34H,22-25H2,1-4H3,(H,38,42)/t34-/m1/s1. The lowest BCUT2D eigenvalue weighted by Gasteiger charge is -2.34. The maximum Gasteiger partial charge on any atom is 0.264 e. The fourth-order valence-electron chi connectivity index (χ4n) is 5.08. The van der Waals surface area contributed by atoms with Crippen LogP contribution in [0.5, 0.6) is 0 Å². The van der Waals surface area contributed by atoms with Crippen molar-refractivity contribution >= 4 is 39.1 Å². The molecule has 0 heterocycles. The van der Waals surface area contributed by atoms with Crippen LogP contribution in [0.1, 0.15) is 36.1 Å². The first kappa shape index (κ1) is 33.7. The molecule has 236 valence electrons. The molecule has 0 fully saturated rings. The van der Waals surface area contributed by atoms with Crippen molar-refractivity contribution in [3.63, 3.8) is 0 Å². The van der Waals surface area contributed by atoms with Crippen molar-refractivity contribution in [2.75, 3.05) is 17.4 Å². The van der Waals surface area contributed by atoms with E-state index in [4.69, 9.17) is 11.6 Å². The van der Waals surface area contributed by atoms with Crippen molar-refractivity contribution < 1.29 is 18.0 Å². The van der Waals surface area contributed by atoms with Crippen molar-refractivity contribution in [1.82, 2.24) is 10.2 Å². The Morgan fingerprint density at radius 3 is 2.07 bits per heavy atom. The maximum atomic E-state index is 14.6. The van der Waals surface area contributed by atoms with Gasteiger partial charge in [0.2, 0.25) is 11.8 Å². The van der Waals surface area contributed by atoms with Crippen LogP contribution in [0.2, 0.25) is 5.02 Å². The minimum absolute atomic E-state index is 0.0492. The molecule has 45 heavy (non-hydrogen) atoms. The van der Waals surface area contributed by atoms with Crippen LogP contribution in [-0.2, 0) is 32.6 Å². The van der Waals surface area contributed by atoms with Gasteiger partial charge in [-0.3, -0.25) is 13.9 Å². The van der Waals surface area contributed by atoms with Crippen LogP contribution in [0.4, 0.5) is 5.69 Å². The summed E-state index contributed by atoms with van der Waals surface area (Å²) in [6.45, 7) is 7.75. The second-order valence-corrected chi connectivity index (χ2v) is 13.8. The Kier molecular flexibility index (Phi) is 11.4. The highest BCUT2D eigenvalue weighted by atomic mass is 35.5. The van der Waals surface area contributed by atoms with Crippen LogP contribution < -0.4 is 9.62 Å². The summed E-state index contributed by atoms with van der Waals surface area (Å²) in [6.07, 6.45) is 0.258. The highest BCUT2D eigenvalue weighted by Gasteiger charge is 2.35. The zero-order chi connectivity index (χ0) is 32.6. The second-order valence-electron chi connectivity index (χ2n) is 11.5. The average molecular weight is 646 g/mol. The summed E-state index contributed by atoms with van der Waals surface area (Å²) < 4.78 is 29.4. The molecule has 0 spiro atoms. The fourth-order valence-corrected chi connectivity index (χ4v) is 6.81. The van der Waals surface area contributed by atoms with E-state index in [1.54, 1.807) is 43.3 Å². The number of sulfonamides is 1. The second kappa shape index (κ2) is 15.2. The van der Waals surface area contributed by atoms with Gasteiger partial charge in [-0.1, -0.05) is 98.2 Å². The Balaban J connectivity index is 1.82. The Bertz CT molecular complexity index is 1710. The van der Waals surface area contributed by atoms with Crippen molar-refractivity contribution in [3.05, 3.63) is 130 Å². The van der Waals surface area contributed by atoms with Crippen LogP contribution in [0, 0.1) is 19.8 Å². The van der Waals surface area contributed by atoms with Gasteiger partial charge < -0.3 is 10.2 Å². The molecule has 9 heteroatoms. The number of nitrogens with zero attached hydrogens (tertiary/aromatic N) is 2. The summed E-state index contributed by atoms with van der Waals surface area (Å²) in [5.41, 5.74) is 3.62. The van der Waals surface area contributed by atoms with E-state index in [0.29, 0.717) is 22.8 Å². The molecule has 2 amide bonds. The molecule has 0 aromatic heterocycles. The highest BCUT2D eigenvalue weighted by molar-refractivity contribution is 7.92. The number of aryl methyl sites for hydroxylation is 2. The molecule has 0 bridgehead atoms. The van der Waals surface area contributed by atoms with Gasteiger partial charge in [0.05, 0.1) is 10.6 Å². The van der Waals surface area contributed by atoms with Gasteiger partial charge in [-0.25, -0.2) is 8.42 Å². The molecule has 7 nitrogen and oxygen atoms in total. The topological polar surface area (TPSA) is 86.8 Å². The molecule has 0 radical (unpaired) electrons. The van der Waals surface area contributed by atoms with Gasteiger partial charge in [0.25, 0.3) is 10.0 Å². The van der Waals surface area contributed by atoms with E-state index in [-0.39, 0.29) is 29.7 Å². The summed E-state index contributed by atoms with van der Waals surface area (Å²) in [5.74, 6) is -0.603. The summed E-state index contributed by atoms with van der Waals surface area (Å²) in [7, 11) is -4.18. The summed E-state index contributed by atoms with van der Waals surface area (Å²) in [4.78, 5) is 30.0. The first-order valence-electron chi connectivity index (χ1n) is 15.0. The van der Waals surface area contributed by atoms with Gasteiger partial charge in [0.1, 0.15) is 12.6 Å². The molecular weight excluding hydrogens is 606 g/mol. The van der Waals surface area contributed by atoms with Crippen LogP contribution >= 0.6 is 11.6 Å². The third-order valence-electron chi connectivity index (χ3n) is 7.60. The van der Waals surface area contributed by atoms with E-state index < -0.39 is 28.5 Å². The maximum absolute atomic E-state index is 14.6. The van der Waals surface area contributed by atoms with E-state index in [1.165, 1.54) is 17.0 Å². The highest BCUT2D eigenvalue weighted by Crippen LogP contribution is 2.29. The van der Waals surface area contributed by atoms with Crippen molar-refractivity contribution in [2.45, 2.75) is 51.6 Å². The van der Waals surface area contributed by atoms with Gasteiger partial charge in [-0.05, 0) is 72.4 Å². The van der Waals surface area contributed by atoms with Crippen LogP contribution in [0.25, 0.3) is 0 Å². The number of benzene rings is 4. The molecule has 0 saturated carbocycles. The molecule has 0 saturated heterocycles. The minimum atomic E-state index is -4.18. The van der Waals surface area contributed by atoms with Gasteiger partial charge in [0.15, 0.2) is 0 Å². The van der Waals surface area contributed by atoms with Gasteiger partial charge in [-0.15, -0.1) is 0 Å². The van der Waals surface area contributed by atoms with Gasteiger partial charge in [-0.2, -0.15) is 0 Å². The fraction of sp³-hybridized carbons (Fsp3) is 0.278. The molecule has 4 rings (SSSR count). The first-order chi connectivity index (χ1) is 21.5. The van der Waals surface area contributed by atoms with Crippen LogP contribution in [0.3, 0.4) is 0 Å². The van der Waals surface area contributed by atoms with E-state index in [0.717, 1.165) is 21.0 Å². The minimum Gasteiger partial charge on any atom is -0.354 e.